The Kier molecular flexibility index (Phi) is 4.44. The maximum Gasteiger partial charge on any atom is 1.00 e. The Morgan fingerprint density at radius 2 is 1.75 bits per heavy atom. The van der Waals surface area contributed by atoms with Gasteiger partial charge in [-0.2, -0.15) is 0 Å². The monoisotopic (exact) mass is 193 g/mol. The van der Waals surface area contributed by atoms with Crippen LogP contribution in [0.15, 0.2) is 29.2 Å². The Morgan fingerprint density at radius 1 is 1.25 bits per heavy atom. The molecular weight excluding hydrogens is 185 g/mol. The fourth-order valence-electron chi connectivity index (χ4n) is 0.858. The fraction of sp³-hybridized carbons (Fsp3) is 0.143. The third-order valence-electron chi connectivity index (χ3n) is 1.38. The zero-order valence-corrected chi connectivity index (χ0v) is 9.85. The summed E-state index contributed by atoms with van der Waals surface area (Å²) in [5, 5.41) is 6.79. The molecule has 0 aliphatic heterocycles. The van der Waals surface area contributed by atoms with Crippen LogP contribution in [0.1, 0.15) is 5.56 Å². The third kappa shape index (κ3) is 2.88. The van der Waals surface area contributed by atoms with Crippen LogP contribution >= 0.6 is 0 Å². The van der Waals surface area contributed by atoms with Gasteiger partial charge in [0.15, 0.2) is 0 Å². The number of nitrogens with one attached hydrogen (secondary N) is 1. The predicted octanol–water partition coefficient (Wildman–Crippen LogP) is -1.26. The van der Waals surface area contributed by atoms with Crippen LogP contribution in [0.2, 0.25) is 0 Å². The second-order valence-corrected chi connectivity index (χ2v) is 3.72. The average molecular weight is 193 g/mol. The smallest absolute Gasteiger partial charge is 0.560 e. The Morgan fingerprint density at radius 3 is 2.08 bits per heavy atom. The quantitative estimate of drug-likeness (QED) is 0.523. The molecule has 12 heavy (non-hydrogen) atoms. The van der Waals surface area contributed by atoms with Gasteiger partial charge in [-0.3, -0.25) is 0 Å². The molecule has 1 N–H and O–H groups in total. The normalized spacial score (nSPS) is 10.5. The number of aryl methyl sites for hydroxylation is 1. The summed E-state index contributed by atoms with van der Waals surface area (Å²) in [6.07, 6.45) is 0. The number of hydrogen-bond acceptors (Lipinski definition) is 2. The van der Waals surface area contributed by atoms with Crippen molar-refractivity contribution < 1.29 is 38.0 Å². The van der Waals surface area contributed by atoms with Gasteiger partial charge in [0, 0.05) is 0 Å². The van der Waals surface area contributed by atoms with Gasteiger partial charge >= 0.3 is 29.6 Å². The molecule has 0 aliphatic carbocycles. The molecule has 0 unspecified atom stereocenters. The Bertz CT molecular complexity index is 361. The summed E-state index contributed by atoms with van der Waals surface area (Å²) < 4.78 is 21.4. The van der Waals surface area contributed by atoms with Crippen LogP contribution in [-0.2, 0) is 10.0 Å². The number of hydrogen-bond donors (Lipinski definition) is 0. The number of rotatable bonds is 1. The second-order valence-electron chi connectivity index (χ2n) is 2.27. The van der Waals surface area contributed by atoms with Crippen LogP contribution in [0.4, 0.5) is 0 Å². The van der Waals surface area contributed by atoms with E-state index in [4.69, 9.17) is 5.14 Å². The number of benzene rings is 1. The third-order valence-corrected chi connectivity index (χ3v) is 2.42. The van der Waals surface area contributed by atoms with Crippen molar-refractivity contribution >= 4 is 10.0 Å². The van der Waals surface area contributed by atoms with Gasteiger partial charge in [-0.1, -0.05) is 18.2 Å². The van der Waals surface area contributed by atoms with Gasteiger partial charge in [-0.25, -0.2) is 8.42 Å². The minimum atomic E-state index is -3.78. The summed E-state index contributed by atoms with van der Waals surface area (Å²) in [6, 6.07) is 6.44. The molecule has 0 fully saturated rings. The van der Waals surface area contributed by atoms with Crippen LogP contribution in [0.3, 0.4) is 0 Å². The Hall–Kier alpha value is 0.130. The van der Waals surface area contributed by atoms with Gasteiger partial charge in [0.05, 0.1) is 14.9 Å². The molecule has 0 aromatic heterocycles. The van der Waals surface area contributed by atoms with E-state index in [1.165, 1.54) is 6.07 Å². The first kappa shape index (κ1) is 12.1. The van der Waals surface area contributed by atoms with Crippen LogP contribution in [0.5, 0.6) is 0 Å². The van der Waals surface area contributed by atoms with E-state index in [0.29, 0.717) is 5.56 Å². The predicted molar refractivity (Wildman–Crippen MR) is 42.7 cm³/mol. The van der Waals surface area contributed by atoms with Gasteiger partial charge in [0.2, 0.25) is 0 Å². The summed E-state index contributed by atoms with van der Waals surface area (Å²) in [6.45, 7) is 1.67. The van der Waals surface area contributed by atoms with Crippen molar-refractivity contribution in [3.63, 3.8) is 0 Å². The summed E-state index contributed by atoms with van der Waals surface area (Å²) in [5.41, 5.74) is 0.613. The Labute approximate surface area is 94.3 Å². The van der Waals surface area contributed by atoms with E-state index in [0.717, 1.165) is 0 Å². The zero-order valence-electron chi connectivity index (χ0n) is 7.03. The van der Waals surface area contributed by atoms with Crippen LogP contribution in [-0.4, -0.2) is 8.42 Å². The molecule has 0 radical (unpaired) electrons. The fourth-order valence-corrected chi connectivity index (χ4v) is 1.61. The van der Waals surface area contributed by atoms with Gasteiger partial charge in [0.25, 0.3) is 0 Å². The van der Waals surface area contributed by atoms with E-state index >= 15 is 0 Å². The maximum absolute atomic E-state index is 10.7. The van der Waals surface area contributed by atoms with E-state index in [1.807, 2.05) is 0 Å². The molecule has 0 saturated carbocycles. The van der Waals surface area contributed by atoms with Crippen LogP contribution in [0, 0.1) is 6.92 Å². The van der Waals surface area contributed by atoms with Crippen molar-refractivity contribution in [1.82, 2.24) is 0 Å². The molecule has 0 atom stereocenters. The van der Waals surface area contributed by atoms with E-state index in [9.17, 15) is 8.42 Å². The standard InChI is InChI=1S/C7H8NO2S.Na/c1-6-4-2-3-5-7(6)11(8,9)10;/h2-5H,1H3,(H-,8,9,10);/q-1;+1. The molecule has 5 heteroatoms. The maximum atomic E-state index is 10.7. The van der Waals surface area contributed by atoms with Crippen LogP contribution in [0.25, 0.3) is 5.14 Å². The van der Waals surface area contributed by atoms with Gasteiger partial charge < -0.3 is 5.14 Å². The van der Waals surface area contributed by atoms with E-state index < -0.39 is 10.0 Å². The summed E-state index contributed by atoms with van der Waals surface area (Å²) in [4.78, 5) is 0.0833. The second kappa shape index (κ2) is 4.39. The van der Waals surface area contributed by atoms with Gasteiger partial charge in [0.1, 0.15) is 0 Å². The van der Waals surface area contributed by atoms with Crippen LogP contribution < -0.4 is 29.6 Å². The molecule has 3 nitrogen and oxygen atoms in total. The SMILES string of the molecule is Cc1ccccc1S([NH-])(=O)=O.[Na+]. The number of sulfonamides is 1. The van der Waals surface area contributed by atoms with Gasteiger partial charge in [-0.15, -0.1) is 0 Å². The van der Waals surface area contributed by atoms with E-state index in [-0.39, 0.29) is 34.5 Å². The molecule has 0 saturated heterocycles. The first-order valence-electron chi connectivity index (χ1n) is 3.07. The zero-order chi connectivity index (χ0) is 8.48. The minimum Gasteiger partial charge on any atom is -0.560 e. The van der Waals surface area contributed by atoms with E-state index in [1.54, 1.807) is 25.1 Å². The molecule has 60 valence electrons. The minimum absolute atomic E-state index is 0. The van der Waals surface area contributed by atoms with Crippen molar-refractivity contribution in [3.05, 3.63) is 35.0 Å². The van der Waals surface area contributed by atoms with Gasteiger partial charge in [-0.05, 0) is 18.6 Å². The molecular formula is C7H8NNaO2S. The topological polar surface area (TPSA) is 57.9 Å². The van der Waals surface area contributed by atoms with Crippen molar-refractivity contribution in [2.45, 2.75) is 11.8 Å². The molecule has 0 aliphatic rings. The molecule has 1 rings (SSSR count). The molecule has 0 amide bonds. The van der Waals surface area contributed by atoms with E-state index in [2.05, 4.69) is 0 Å². The first-order valence-corrected chi connectivity index (χ1v) is 4.55. The first-order chi connectivity index (χ1) is 5.02. The summed E-state index contributed by atoms with van der Waals surface area (Å²) in [5.74, 6) is 0. The molecule has 0 spiro atoms. The van der Waals surface area contributed by atoms with Crippen molar-refractivity contribution in [2.75, 3.05) is 0 Å². The largest absolute Gasteiger partial charge is 1.00 e. The van der Waals surface area contributed by atoms with Crippen molar-refractivity contribution in [3.8, 4) is 0 Å². The molecule has 0 heterocycles. The molecule has 0 bridgehead atoms. The average Bonchev–Trinajstić information content (AvgIpc) is 1.86. The van der Waals surface area contributed by atoms with Crippen molar-refractivity contribution in [1.29, 1.82) is 0 Å². The summed E-state index contributed by atoms with van der Waals surface area (Å²) in [7, 11) is -3.78. The summed E-state index contributed by atoms with van der Waals surface area (Å²) >= 11 is 0. The van der Waals surface area contributed by atoms with Crippen molar-refractivity contribution in [2.24, 2.45) is 0 Å². The molecule has 1 aromatic rings. The molecule has 1 aromatic carbocycles. The Balaban J connectivity index is 0.00000121.